The maximum absolute atomic E-state index is 11.7. The van der Waals surface area contributed by atoms with Crippen LogP contribution in [0, 0.1) is 6.92 Å². The monoisotopic (exact) mass is 310 g/mol. The van der Waals surface area contributed by atoms with Gasteiger partial charge < -0.3 is 16.0 Å². The average Bonchev–Trinajstić information content (AvgIpc) is 2.87. The van der Waals surface area contributed by atoms with Gasteiger partial charge in [-0.05, 0) is 37.3 Å². The summed E-state index contributed by atoms with van der Waals surface area (Å²) in [5.41, 5.74) is 1.29. The topological polar surface area (TPSA) is 65.5 Å². The van der Waals surface area contributed by atoms with Crippen molar-refractivity contribution in [1.29, 1.82) is 0 Å². The molecule has 0 fully saturated rings. The van der Waals surface area contributed by atoms with Gasteiger partial charge >= 0.3 is 0 Å². The number of rotatable bonds is 7. The Kier molecular flexibility index (Phi) is 7.82. The highest BCUT2D eigenvalue weighted by Gasteiger charge is 2.06. The average molecular weight is 310 g/mol. The second-order valence-electron chi connectivity index (χ2n) is 5.01. The largest absolute Gasteiger partial charge is 0.356 e. The van der Waals surface area contributed by atoms with Crippen LogP contribution in [0.1, 0.15) is 37.1 Å². The predicted octanol–water partition coefficient (Wildman–Crippen LogP) is 2.03. The summed E-state index contributed by atoms with van der Waals surface area (Å²) in [5, 5.41) is 11.4. The van der Waals surface area contributed by atoms with Crippen LogP contribution >= 0.6 is 11.3 Å². The molecule has 0 aliphatic heterocycles. The minimum atomic E-state index is 0.0707. The van der Waals surface area contributed by atoms with Crippen molar-refractivity contribution < 1.29 is 4.79 Å². The van der Waals surface area contributed by atoms with Gasteiger partial charge in [0.1, 0.15) is 0 Å². The highest BCUT2D eigenvalue weighted by Crippen LogP contribution is 2.14. The van der Waals surface area contributed by atoms with E-state index in [-0.39, 0.29) is 11.9 Å². The lowest BCUT2D eigenvalue weighted by Crippen LogP contribution is -2.40. The SMILES string of the molecule is CCC(C)NC(=O)CCNC(=NC)NCc1sccc1C. The predicted molar refractivity (Wildman–Crippen MR) is 89.8 cm³/mol. The quantitative estimate of drug-likeness (QED) is 0.533. The van der Waals surface area contributed by atoms with E-state index in [1.165, 1.54) is 10.4 Å². The maximum Gasteiger partial charge on any atom is 0.221 e. The van der Waals surface area contributed by atoms with Crippen LogP contribution in [0.5, 0.6) is 0 Å². The number of carbonyl (C=O) groups is 1. The summed E-state index contributed by atoms with van der Waals surface area (Å²) in [6.45, 7) is 7.49. The Morgan fingerprint density at radius 2 is 2.19 bits per heavy atom. The van der Waals surface area contributed by atoms with Gasteiger partial charge in [0.2, 0.25) is 5.91 Å². The van der Waals surface area contributed by atoms with E-state index in [1.807, 2.05) is 6.92 Å². The van der Waals surface area contributed by atoms with E-state index < -0.39 is 0 Å². The molecule has 5 nitrogen and oxygen atoms in total. The van der Waals surface area contributed by atoms with E-state index >= 15 is 0 Å². The van der Waals surface area contributed by atoms with Crippen LogP contribution in [0.2, 0.25) is 0 Å². The molecule has 0 spiro atoms. The molecule has 1 aromatic heterocycles. The molecule has 1 amide bonds. The Bertz CT molecular complexity index is 470. The van der Waals surface area contributed by atoms with E-state index in [0.29, 0.717) is 13.0 Å². The van der Waals surface area contributed by atoms with Gasteiger partial charge in [-0.25, -0.2) is 0 Å². The minimum absolute atomic E-state index is 0.0707. The number of thiophene rings is 1. The van der Waals surface area contributed by atoms with Crippen LogP contribution in [0.25, 0.3) is 0 Å². The maximum atomic E-state index is 11.7. The van der Waals surface area contributed by atoms with Crippen molar-refractivity contribution in [1.82, 2.24) is 16.0 Å². The molecular weight excluding hydrogens is 284 g/mol. The number of carbonyl (C=O) groups excluding carboxylic acids is 1. The zero-order chi connectivity index (χ0) is 15.7. The number of aryl methyl sites for hydroxylation is 1. The van der Waals surface area contributed by atoms with E-state index in [0.717, 1.165) is 18.9 Å². The number of nitrogens with zero attached hydrogens (tertiary/aromatic N) is 1. The normalized spacial score (nSPS) is 12.9. The molecule has 6 heteroatoms. The summed E-state index contributed by atoms with van der Waals surface area (Å²) in [5.74, 6) is 0.792. The molecule has 118 valence electrons. The molecule has 1 rings (SSSR count). The zero-order valence-electron chi connectivity index (χ0n) is 13.3. The number of amides is 1. The van der Waals surface area contributed by atoms with E-state index in [9.17, 15) is 4.79 Å². The first kappa shape index (κ1) is 17.5. The Hall–Kier alpha value is -1.56. The second-order valence-corrected chi connectivity index (χ2v) is 6.01. The molecule has 21 heavy (non-hydrogen) atoms. The molecule has 1 heterocycles. The molecule has 1 atom stereocenters. The van der Waals surface area contributed by atoms with E-state index in [2.05, 4.69) is 46.2 Å². The highest BCUT2D eigenvalue weighted by atomic mass is 32.1. The first-order valence-corrected chi connectivity index (χ1v) is 8.21. The molecule has 0 aromatic carbocycles. The molecule has 0 radical (unpaired) electrons. The second kappa shape index (κ2) is 9.39. The fourth-order valence-electron chi connectivity index (χ4n) is 1.71. The summed E-state index contributed by atoms with van der Waals surface area (Å²) in [6.07, 6.45) is 1.39. The van der Waals surface area contributed by atoms with Gasteiger partial charge in [-0.2, -0.15) is 0 Å². The Morgan fingerprint density at radius 1 is 1.43 bits per heavy atom. The number of guanidine groups is 1. The number of nitrogens with one attached hydrogen (secondary N) is 3. The van der Waals surface area contributed by atoms with Gasteiger partial charge in [0.15, 0.2) is 5.96 Å². The molecule has 3 N–H and O–H groups in total. The third-order valence-electron chi connectivity index (χ3n) is 3.27. The molecule has 1 unspecified atom stereocenters. The van der Waals surface area contributed by atoms with Crippen molar-refractivity contribution in [2.45, 2.75) is 46.2 Å². The van der Waals surface area contributed by atoms with E-state index in [4.69, 9.17) is 0 Å². The molecule has 0 saturated heterocycles. The van der Waals surface area contributed by atoms with Crippen molar-refractivity contribution in [3.8, 4) is 0 Å². The van der Waals surface area contributed by atoms with Crippen LogP contribution in [0.3, 0.4) is 0 Å². The van der Waals surface area contributed by atoms with Gasteiger partial charge in [-0.3, -0.25) is 9.79 Å². The fourth-order valence-corrected chi connectivity index (χ4v) is 2.56. The first-order chi connectivity index (χ1) is 10.1. The molecule has 0 aliphatic rings. The van der Waals surface area contributed by atoms with Gasteiger partial charge in [-0.15, -0.1) is 11.3 Å². The van der Waals surface area contributed by atoms with Crippen molar-refractivity contribution in [2.75, 3.05) is 13.6 Å². The van der Waals surface area contributed by atoms with Gasteiger partial charge in [-0.1, -0.05) is 6.92 Å². The van der Waals surface area contributed by atoms with Crippen LogP contribution in [0.4, 0.5) is 0 Å². The van der Waals surface area contributed by atoms with Gasteiger partial charge in [0, 0.05) is 30.9 Å². The number of aliphatic imine (C=N–C) groups is 1. The summed E-state index contributed by atoms with van der Waals surface area (Å²) in [4.78, 5) is 17.1. The molecular formula is C15H26N4OS. The van der Waals surface area contributed by atoms with Crippen molar-refractivity contribution >= 4 is 23.2 Å². The summed E-state index contributed by atoms with van der Waals surface area (Å²) < 4.78 is 0. The third-order valence-corrected chi connectivity index (χ3v) is 4.30. The smallest absolute Gasteiger partial charge is 0.221 e. The van der Waals surface area contributed by atoms with Crippen LogP contribution in [-0.4, -0.2) is 31.5 Å². The molecule has 0 aliphatic carbocycles. The van der Waals surface area contributed by atoms with Crippen molar-refractivity contribution in [2.24, 2.45) is 4.99 Å². The summed E-state index contributed by atoms with van der Waals surface area (Å²) in [7, 11) is 1.73. The molecule has 0 bridgehead atoms. The highest BCUT2D eigenvalue weighted by molar-refractivity contribution is 7.10. The number of hydrogen-bond donors (Lipinski definition) is 3. The van der Waals surface area contributed by atoms with Gasteiger partial charge in [0.25, 0.3) is 0 Å². The van der Waals surface area contributed by atoms with Crippen LogP contribution < -0.4 is 16.0 Å². The van der Waals surface area contributed by atoms with Crippen LogP contribution in [-0.2, 0) is 11.3 Å². The standard InChI is InChI=1S/C15H26N4OS/c1-5-12(3)19-14(20)6-8-17-15(16-4)18-10-13-11(2)7-9-21-13/h7,9,12H,5-6,8,10H2,1-4H3,(H,19,20)(H2,16,17,18). The Labute approximate surface area is 131 Å². The fraction of sp³-hybridized carbons (Fsp3) is 0.600. The Balaban J connectivity index is 2.26. The number of hydrogen-bond acceptors (Lipinski definition) is 3. The van der Waals surface area contributed by atoms with Crippen molar-refractivity contribution in [3.63, 3.8) is 0 Å². The minimum Gasteiger partial charge on any atom is -0.356 e. The first-order valence-electron chi connectivity index (χ1n) is 7.33. The lowest BCUT2D eigenvalue weighted by Gasteiger charge is -2.13. The van der Waals surface area contributed by atoms with Crippen molar-refractivity contribution in [3.05, 3.63) is 21.9 Å². The van der Waals surface area contributed by atoms with E-state index in [1.54, 1.807) is 18.4 Å². The Morgan fingerprint density at radius 3 is 2.76 bits per heavy atom. The summed E-state index contributed by atoms with van der Waals surface area (Å²) >= 11 is 1.73. The third kappa shape index (κ3) is 6.62. The zero-order valence-corrected chi connectivity index (χ0v) is 14.1. The lowest BCUT2D eigenvalue weighted by molar-refractivity contribution is -0.121. The summed E-state index contributed by atoms with van der Waals surface area (Å²) in [6, 6.07) is 2.34. The molecule has 1 aromatic rings. The molecule has 0 saturated carbocycles. The van der Waals surface area contributed by atoms with Crippen LogP contribution in [0.15, 0.2) is 16.4 Å². The van der Waals surface area contributed by atoms with Gasteiger partial charge in [0.05, 0.1) is 6.54 Å². The lowest BCUT2D eigenvalue weighted by atomic mass is 10.2.